The number of aliphatic imine (C=N–C) groups is 1. The molecule has 1 atom stereocenters. The fourth-order valence-corrected chi connectivity index (χ4v) is 5.21. The van der Waals surface area contributed by atoms with E-state index < -0.39 is 12.0 Å². The van der Waals surface area contributed by atoms with Gasteiger partial charge in [0.15, 0.2) is 5.17 Å². The fourth-order valence-electron chi connectivity index (χ4n) is 4.27. The van der Waals surface area contributed by atoms with Crippen molar-refractivity contribution in [2.24, 2.45) is 4.99 Å². The molecule has 1 saturated heterocycles. The number of allylic oxidation sites excluding steroid dienone is 1. The van der Waals surface area contributed by atoms with Crippen LogP contribution in [0, 0.1) is 0 Å². The van der Waals surface area contributed by atoms with Crippen LogP contribution < -0.4 is 4.74 Å². The second-order valence-electron chi connectivity index (χ2n) is 7.64. The zero-order chi connectivity index (χ0) is 22.0. The first-order valence-electron chi connectivity index (χ1n) is 10.5. The number of ether oxygens (including phenoxy) is 2. The van der Waals surface area contributed by atoms with Gasteiger partial charge in [0.2, 0.25) is 5.91 Å². The Labute approximate surface area is 186 Å². The van der Waals surface area contributed by atoms with Gasteiger partial charge in [-0.25, -0.2) is 9.79 Å². The highest BCUT2D eigenvalue weighted by atomic mass is 32.2. The van der Waals surface area contributed by atoms with Gasteiger partial charge in [0.25, 0.3) is 0 Å². The van der Waals surface area contributed by atoms with Crippen LogP contribution in [0.15, 0.2) is 51.6 Å². The number of hydrogen-bond donors (Lipinski definition) is 0. The highest BCUT2D eigenvalue weighted by Crippen LogP contribution is 2.46. The molecule has 0 aromatic heterocycles. The van der Waals surface area contributed by atoms with E-state index in [-0.39, 0.29) is 12.3 Å². The van der Waals surface area contributed by atoms with Crippen molar-refractivity contribution in [3.63, 3.8) is 0 Å². The zero-order valence-corrected chi connectivity index (χ0v) is 18.9. The Kier molecular flexibility index (Phi) is 6.36. The summed E-state index contributed by atoms with van der Waals surface area (Å²) in [6.07, 6.45) is 2.99. The molecule has 3 heterocycles. The smallest absolute Gasteiger partial charge is 0.338 e. The number of esters is 1. The Morgan fingerprint density at radius 2 is 2.00 bits per heavy atom. The Balaban J connectivity index is 1.76. The number of amidine groups is 1. The van der Waals surface area contributed by atoms with Gasteiger partial charge in [0.1, 0.15) is 5.75 Å². The highest BCUT2D eigenvalue weighted by Gasteiger charge is 2.42. The molecule has 3 aliphatic heterocycles. The van der Waals surface area contributed by atoms with Crippen LogP contribution in [0.4, 0.5) is 0 Å². The van der Waals surface area contributed by atoms with E-state index in [1.165, 1.54) is 18.9 Å². The van der Waals surface area contributed by atoms with Gasteiger partial charge in [0, 0.05) is 18.8 Å². The van der Waals surface area contributed by atoms with Crippen molar-refractivity contribution in [3.8, 4) is 5.75 Å². The van der Waals surface area contributed by atoms with E-state index in [1.807, 2.05) is 46.4 Å². The lowest BCUT2D eigenvalue weighted by atomic mass is 9.92. The minimum Gasteiger partial charge on any atom is -0.497 e. The SMILES string of the molecule is CCC1=C(C(=O)OC)[C@H](c2cccc(OC)c2)N2C(CC(=O)N3CCCC3)=CSC2=N1. The molecule has 7 nitrogen and oxygen atoms in total. The number of rotatable bonds is 6. The quantitative estimate of drug-likeness (QED) is 0.625. The zero-order valence-electron chi connectivity index (χ0n) is 18.1. The molecule has 0 spiro atoms. The number of likely N-dealkylation sites (tertiary alicyclic amines) is 1. The van der Waals surface area contributed by atoms with Crippen molar-refractivity contribution in [1.82, 2.24) is 9.80 Å². The molecule has 31 heavy (non-hydrogen) atoms. The lowest BCUT2D eigenvalue weighted by Gasteiger charge is -2.37. The van der Waals surface area contributed by atoms with Crippen LogP contribution in [0.25, 0.3) is 0 Å². The maximum absolute atomic E-state index is 12.9. The number of fused-ring (bicyclic) bond motifs is 1. The Morgan fingerprint density at radius 3 is 2.68 bits per heavy atom. The predicted octanol–water partition coefficient (Wildman–Crippen LogP) is 3.85. The maximum atomic E-state index is 12.9. The van der Waals surface area contributed by atoms with E-state index in [2.05, 4.69) is 0 Å². The molecule has 0 bridgehead atoms. The number of thioether (sulfide) groups is 1. The van der Waals surface area contributed by atoms with Crippen LogP contribution in [0.5, 0.6) is 5.75 Å². The number of nitrogens with zero attached hydrogens (tertiary/aromatic N) is 3. The lowest BCUT2D eigenvalue weighted by molar-refractivity contribution is -0.136. The van der Waals surface area contributed by atoms with Crippen LogP contribution >= 0.6 is 11.8 Å². The average molecular weight is 442 g/mol. The molecule has 0 radical (unpaired) electrons. The molecule has 1 aromatic rings. The van der Waals surface area contributed by atoms with Crippen molar-refractivity contribution in [3.05, 3.63) is 52.2 Å². The monoisotopic (exact) mass is 441 g/mol. The number of benzene rings is 1. The second-order valence-corrected chi connectivity index (χ2v) is 8.48. The molecule has 0 N–H and O–H groups in total. The highest BCUT2D eigenvalue weighted by molar-refractivity contribution is 8.16. The van der Waals surface area contributed by atoms with Crippen LogP contribution in [0.1, 0.15) is 44.2 Å². The molecular weight excluding hydrogens is 414 g/mol. The Hall–Kier alpha value is -2.74. The van der Waals surface area contributed by atoms with Crippen LogP contribution in [-0.2, 0) is 14.3 Å². The topological polar surface area (TPSA) is 71.4 Å². The third kappa shape index (κ3) is 4.08. The van der Waals surface area contributed by atoms with Crippen molar-refractivity contribution >= 4 is 28.8 Å². The standard InChI is InChI=1S/C23H27N3O4S/c1-4-18-20(22(28)30-3)21(15-8-7-9-17(12-15)29-2)26-16(14-31-23(26)24-18)13-19(27)25-10-5-6-11-25/h7-9,12,14,21H,4-6,10-11,13H2,1-3H3/t21-/m0/s1. The van der Waals surface area contributed by atoms with E-state index in [4.69, 9.17) is 14.5 Å². The van der Waals surface area contributed by atoms with Gasteiger partial charge in [-0.05, 0) is 42.4 Å². The van der Waals surface area contributed by atoms with Crippen molar-refractivity contribution < 1.29 is 19.1 Å². The molecule has 164 valence electrons. The first-order chi connectivity index (χ1) is 15.1. The lowest BCUT2D eigenvalue weighted by Crippen LogP contribution is -2.38. The summed E-state index contributed by atoms with van der Waals surface area (Å²) in [6, 6.07) is 7.23. The minimum absolute atomic E-state index is 0.111. The summed E-state index contributed by atoms with van der Waals surface area (Å²) < 4.78 is 10.6. The van der Waals surface area contributed by atoms with E-state index in [9.17, 15) is 9.59 Å². The molecule has 8 heteroatoms. The third-order valence-corrected chi connectivity index (χ3v) is 6.72. The van der Waals surface area contributed by atoms with Crippen molar-refractivity contribution in [1.29, 1.82) is 0 Å². The summed E-state index contributed by atoms with van der Waals surface area (Å²) in [4.78, 5) is 34.5. The summed E-state index contributed by atoms with van der Waals surface area (Å²) in [5.41, 5.74) is 2.95. The van der Waals surface area contributed by atoms with E-state index in [0.29, 0.717) is 23.4 Å². The molecule has 1 fully saturated rings. The van der Waals surface area contributed by atoms with E-state index in [1.54, 1.807) is 7.11 Å². The van der Waals surface area contributed by atoms with Gasteiger partial charge >= 0.3 is 5.97 Å². The van der Waals surface area contributed by atoms with E-state index in [0.717, 1.165) is 42.4 Å². The number of carbonyl (C=O) groups excluding carboxylic acids is 2. The number of amides is 1. The van der Waals surface area contributed by atoms with Gasteiger partial charge in [-0.15, -0.1) is 0 Å². The largest absolute Gasteiger partial charge is 0.497 e. The average Bonchev–Trinajstić information content (AvgIpc) is 3.48. The molecule has 0 unspecified atom stereocenters. The Bertz CT molecular complexity index is 979. The fraction of sp³-hybridized carbons (Fsp3) is 0.435. The van der Waals surface area contributed by atoms with Gasteiger partial charge in [-0.1, -0.05) is 30.8 Å². The first kappa shape index (κ1) is 21.5. The summed E-state index contributed by atoms with van der Waals surface area (Å²) >= 11 is 1.49. The third-order valence-electron chi connectivity index (χ3n) is 5.83. The summed E-state index contributed by atoms with van der Waals surface area (Å²) in [5, 5.41) is 2.76. The normalized spacial score (nSPS) is 20.4. The van der Waals surface area contributed by atoms with Gasteiger partial charge in [-0.2, -0.15) is 0 Å². The predicted molar refractivity (Wildman–Crippen MR) is 120 cm³/mol. The molecule has 0 aliphatic carbocycles. The van der Waals surface area contributed by atoms with E-state index >= 15 is 0 Å². The molecule has 1 amide bonds. The summed E-state index contributed by atoms with van der Waals surface area (Å²) in [5.74, 6) is 0.406. The van der Waals surface area contributed by atoms with Crippen LogP contribution in [0.2, 0.25) is 0 Å². The van der Waals surface area contributed by atoms with Gasteiger partial charge in [0.05, 0.1) is 38.0 Å². The molecule has 0 saturated carbocycles. The Morgan fingerprint density at radius 1 is 1.23 bits per heavy atom. The second kappa shape index (κ2) is 9.18. The number of hydrogen-bond acceptors (Lipinski definition) is 7. The maximum Gasteiger partial charge on any atom is 0.338 e. The van der Waals surface area contributed by atoms with Crippen LogP contribution in [0.3, 0.4) is 0 Å². The van der Waals surface area contributed by atoms with Crippen molar-refractivity contribution in [2.75, 3.05) is 27.3 Å². The number of carbonyl (C=O) groups is 2. The minimum atomic E-state index is -0.433. The summed E-state index contributed by atoms with van der Waals surface area (Å²) in [7, 11) is 3.00. The molecule has 4 rings (SSSR count). The van der Waals surface area contributed by atoms with Gasteiger partial charge < -0.3 is 19.3 Å². The van der Waals surface area contributed by atoms with Crippen LogP contribution in [-0.4, -0.2) is 54.2 Å². The number of methoxy groups -OCH3 is 2. The molecular formula is C23H27N3O4S. The molecule has 1 aromatic carbocycles. The van der Waals surface area contributed by atoms with Crippen molar-refractivity contribution in [2.45, 2.75) is 38.6 Å². The summed E-state index contributed by atoms with van der Waals surface area (Å²) in [6.45, 7) is 3.60. The van der Waals surface area contributed by atoms with Gasteiger partial charge in [-0.3, -0.25) is 4.79 Å². The first-order valence-corrected chi connectivity index (χ1v) is 11.4. The molecule has 3 aliphatic rings.